The van der Waals surface area contributed by atoms with Gasteiger partial charge in [-0.05, 0) is 125 Å². The van der Waals surface area contributed by atoms with Gasteiger partial charge >= 0.3 is 0 Å². The normalized spacial score (nSPS) is 21.3. The Hall–Kier alpha value is -5.93. The van der Waals surface area contributed by atoms with Gasteiger partial charge in [-0.15, -0.1) is 0 Å². The van der Waals surface area contributed by atoms with Gasteiger partial charge in [0.2, 0.25) is 23.6 Å². The topological polar surface area (TPSA) is 184 Å². The number of hydrogen-bond donors (Lipinski definition) is 2. The first-order valence-corrected chi connectivity index (χ1v) is 26.1. The molecule has 2 N–H and O–H groups in total. The molecule has 0 spiro atoms. The SMILES string of the molecule is Cc1ccc([C@@H]2[C@@H](c3cccc(Cl)c3)C[C@](C)(CC(=O)NCCCOc3c(C)cc(N=Nc4cccc5c4CN(C4CCC(=O)NC4=O)C5=O)cc3C)C(=O)N2[C@H](CS(=O)(=O)C(C)(C)C)C(C)C)cc1. The Bertz CT molecular complexity index is 2800. The van der Waals surface area contributed by atoms with E-state index in [4.69, 9.17) is 16.3 Å². The number of carbonyl (C=O) groups is 5. The van der Waals surface area contributed by atoms with Crippen molar-refractivity contribution in [3.05, 3.63) is 123 Å². The highest BCUT2D eigenvalue weighted by Gasteiger charge is 2.54. The van der Waals surface area contributed by atoms with Crippen molar-refractivity contribution < 1.29 is 37.1 Å². The minimum atomic E-state index is -3.69. The highest BCUT2D eigenvalue weighted by molar-refractivity contribution is 7.92. The molecule has 3 aliphatic heterocycles. The third-order valence-electron chi connectivity index (χ3n) is 14.0. The molecule has 2 saturated heterocycles. The van der Waals surface area contributed by atoms with Crippen molar-refractivity contribution in [2.45, 2.75) is 130 Å². The van der Waals surface area contributed by atoms with Crippen molar-refractivity contribution in [2.75, 3.05) is 18.9 Å². The standard InChI is InChI=1S/C54H65ClN6O8S/c1-32(2)45(31-70(67,68)53(6,7)8)61-48(36-19-17-33(3)18-20-36)41(37-13-10-14-38(55)27-37)28-54(9,52(61)66)29-47(63)56-23-12-24-69-49-34(4)25-39(26-35(49)5)58-59-43-16-11-15-40-42(43)30-60(51(40)65)44-21-22-46(62)57-50(44)64/h10-11,13-20,25-27,32,41,44-45,48H,12,21-24,28-31H2,1-9H3,(H,56,63)(H,57,62,64)/t41-,44?,45-,48-,54-/m1/s1. The van der Waals surface area contributed by atoms with Gasteiger partial charge in [0, 0.05) is 54.0 Å². The molecule has 14 nitrogen and oxygen atoms in total. The van der Waals surface area contributed by atoms with Crippen LogP contribution in [0.1, 0.15) is 129 Å². The van der Waals surface area contributed by atoms with E-state index in [0.717, 1.165) is 27.8 Å². The molecular formula is C54H65ClN6O8S. The number of piperidine rings is 2. The number of imide groups is 1. The lowest BCUT2D eigenvalue weighted by Gasteiger charge is -2.53. The molecule has 16 heteroatoms. The van der Waals surface area contributed by atoms with Crippen LogP contribution < -0.4 is 15.4 Å². The Morgan fingerprint density at radius 2 is 1.63 bits per heavy atom. The van der Waals surface area contributed by atoms with Crippen LogP contribution in [0.5, 0.6) is 5.75 Å². The molecule has 3 heterocycles. The Labute approximate surface area is 416 Å². The third-order valence-corrected chi connectivity index (χ3v) is 16.8. The average molecular weight is 994 g/mol. The molecule has 0 aromatic heterocycles. The summed E-state index contributed by atoms with van der Waals surface area (Å²) in [6, 6.07) is 22.6. The smallest absolute Gasteiger partial charge is 0.255 e. The Balaban J connectivity index is 1.02. The summed E-state index contributed by atoms with van der Waals surface area (Å²) in [6.07, 6.45) is 1.14. The Morgan fingerprint density at radius 3 is 2.27 bits per heavy atom. The van der Waals surface area contributed by atoms with E-state index in [1.807, 2.05) is 96.1 Å². The van der Waals surface area contributed by atoms with Crippen LogP contribution >= 0.6 is 11.6 Å². The molecule has 5 amide bonds. The summed E-state index contributed by atoms with van der Waals surface area (Å²) in [4.78, 5) is 70.1. The zero-order valence-corrected chi connectivity index (χ0v) is 43.2. The first kappa shape index (κ1) is 51.9. The van der Waals surface area contributed by atoms with Gasteiger partial charge in [-0.3, -0.25) is 29.3 Å². The molecule has 3 aliphatic rings. The van der Waals surface area contributed by atoms with E-state index >= 15 is 4.79 Å². The Morgan fingerprint density at radius 1 is 0.943 bits per heavy atom. The molecule has 4 aromatic carbocycles. The molecule has 4 aromatic rings. The fourth-order valence-corrected chi connectivity index (χ4v) is 11.7. The minimum Gasteiger partial charge on any atom is -0.493 e. The number of rotatable bonds is 16. The van der Waals surface area contributed by atoms with Gasteiger partial charge in [0.15, 0.2) is 9.84 Å². The van der Waals surface area contributed by atoms with Gasteiger partial charge in [-0.2, -0.15) is 10.2 Å². The predicted octanol–water partition coefficient (Wildman–Crippen LogP) is 9.72. The monoisotopic (exact) mass is 992 g/mol. The molecule has 0 radical (unpaired) electrons. The zero-order chi connectivity index (χ0) is 50.9. The summed E-state index contributed by atoms with van der Waals surface area (Å²) >= 11 is 6.61. The number of benzene rings is 4. The van der Waals surface area contributed by atoms with Gasteiger partial charge in [-0.25, -0.2) is 8.42 Å². The van der Waals surface area contributed by atoms with Gasteiger partial charge in [-0.1, -0.05) is 80.4 Å². The van der Waals surface area contributed by atoms with Crippen molar-refractivity contribution in [3.63, 3.8) is 0 Å². The number of sulfone groups is 1. The molecular weight excluding hydrogens is 928 g/mol. The van der Waals surface area contributed by atoms with Crippen LogP contribution in [-0.4, -0.2) is 83.5 Å². The van der Waals surface area contributed by atoms with E-state index in [1.54, 1.807) is 49.9 Å². The van der Waals surface area contributed by atoms with Gasteiger partial charge in [0.1, 0.15) is 11.8 Å². The van der Waals surface area contributed by atoms with Crippen molar-refractivity contribution in [3.8, 4) is 5.75 Å². The summed E-state index contributed by atoms with van der Waals surface area (Å²) < 4.78 is 33.1. The number of halogens is 1. The number of hydrogen-bond acceptors (Lipinski definition) is 10. The van der Waals surface area contributed by atoms with E-state index < -0.39 is 44.0 Å². The summed E-state index contributed by atoms with van der Waals surface area (Å²) in [6.45, 7) is 17.4. The maximum Gasteiger partial charge on any atom is 0.255 e. The molecule has 5 atom stereocenters. The molecule has 7 rings (SSSR count). The molecule has 0 bridgehead atoms. The van der Waals surface area contributed by atoms with Crippen molar-refractivity contribution in [1.82, 2.24) is 20.4 Å². The average Bonchev–Trinajstić information content (AvgIpc) is 3.62. The van der Waals surface area contributed by atoms with Crippen LogP contribution in [0.3, 0.4) is 0 Å². The van der Waals surface area contributed by atoms with Crippen LogP contribution in [0.25, 0.3) is 0 Å². The number of ether oxygens (including phenoxy) is 1. The van der Waals surface area contributed by atoms with Crippen LogP contribution in [0.4, 0.5) is 11.4 Å². The van der Waals surface area contributed by atoms with E-state index in [1.165, 1.54) is 4.90 Å². The quantitative estimate of drug-likeness (QED) is 0.0632. The number of carbonyl (C=O) groups excluding carboxylic acids is 5. The number of aryl methyl sites for hydroxylation is 3. The summed E-state index contributed by atoms with van der Waals surface area (Å²) in [7, 11) is -3.69. The number of nitrogens with one attached hydrogen (secondary N) is 2. The van der Waals surface area contributed by atoms with Crippen molar-refractivity contribution >= 4 is 62.3 Å². The lowest BCUT2D eigenvalue weighted by molar-refractivity contribution is -0.158. The fourth-order valence-electron chi connectivity index (χ4n) is 9.96. The molecule has 0 saturated carbocycles. The van der Waals surface area contributed by atoms with E-state index in [-0.39, 0.29) is 67.0 Å². The van der Waals surface area contributed by atoms with Crippen LogP contribution in [0.2, 0.25) is 5.02 Å². The number of likely N-dealkylation sites (tertiary alicyclic amines) is 1. The zero-order valence-electron chi connectivity index (χ0n) is 41.6. The van der Waals surface area contributed by atoms with Gasteiger partial charge in [0.25, 0.3) is 5.91 Å². The number of amides is 5. The molecule has 372 valence electrons. The first-order chi connectivity index (χ1) is 33.0. The largest absolute Gasteiger partial charge is 0.493 e. The molecule has 2 fully saturated rings. The second-order valence-electron chi connectivity index (χ2n) is 20.7. The van der Waals surface area contributed by atoms with Crippen LogP contribution in [-0.2, 0) is 35.6 Å². The maximum atomic E-state index is 15.3. The van der Waals surface area contributed by atoms with Crippen LogP contribution in [0, 0.1) is 32.1 Å². The number of nitrogens with zero attached hydrogens (tertiary/aromatic N) is 4. The summed E-state index contributed by atoms with van der Waals surface area (Å²) in [5, 5.41) is 14.9. The van der Waals surface area contributed by atoms with Crippen molar-refractivity contribution in [2.24, 2.45) is 21.6 Å². The molecule has 70 heavy (non-hydrogen) atoms. The summed E-state index contributed by atoms with van der Waals surface area (Å²) in [5.74, 6) is -1.76. The lowest BCUT2D eigenvalue weighted by Crippen LogP contribution is -2.59. The Kier molecular flexibility index (Phi) is 15.4. The molecule has 0 aliphatic carbocycles. The van der Waals surface area contributed by atoms with E-state index in [0.29, 0.717) is 59.3 Å². The third kappa shape index (κ3) is 11.2. The minimum absolute atomic E-state index is 0.105. The second kappa shape index (κ2) is 20.8. The number of fused-ring (bicyclic) bond motifs is 1. The highest BCUT2D eigenvalue weighted by atomic mass is 35.5. The predicted molar refractivity (Wildman–Crippen MR) is 270 cm³/mol. The van der Waals surface area contributed by atoms with E-state index in [9.17, 15) is 27.6 Å². The summed E-state index contributed by atoms with van der Waals surface area (Å²) in [5.41, 5.74) is 5.53. The van der Waals surface area contributed by atoms with Crippen LogP contribution in [0.15, 0.2) is 89.1 Å². The first-order valence-electron chi connectivity index (χ1n) is 24.0. The highest BCUT2D eigenvalue weighted by Crippen LogP contribution is 2.53. The maximum absolute atomic E-state index is 15.3. The van der Waals surface area contributed by atoms with E-state index in [2.05, 4.69) is 20.9 Å². The van der Waals surface area contributed by atoms with Gasteiger partial charge in [0.05, 0.1) is 39.9 Å². The van der Waals surface area contributed by atoms with Crippen molar-refractivity contribution in [1.29, 1.82) is 0 Å². The molecule has 1 unspecified atom stereocenters. The lowest BCUT2D eigenvalue weighted by atomic mass is 9.66. The number of azo groups is 1. The second-order valence-corrected chi connectivity index (χ2v) is 24.0. The van der Waals surface area contributed by atoms with Gasteiger partial charge < -0.3 is 19.9 Å². The fraction of sp³-hybridized carbons (Fsp3) is 0.463.